The highest BCUT2D eigenvalue weighted by atomic mass is 16.6. The molecule has 1 aromatic carbocycles. The first kappa shape index (κ1) is 12.7. The molecule has 2 atom stereocenters. The number of aliphatic hydroxyl groups excluding tert-OH is 1. The smallest absolute Gasteiger partial charge is 0.334 e. The Balaban J connectivity index is 2.08. The maximum atomic E-state index is 10.6. The SMILES string of the molecule is NC(Cc1ccc2c(c1)OCCO2)C(O)C(=O)O. The number of carbonyl (C=O) groups is 1. The molecule has 6 nitrogen and oxygen atoms in total. The largest absolute Gasteiger partial charge is 0.486 e. The maximum Gasteiger partial charge on any atom is 0.334 e. The topological polar surface area (TPSA) is 102 Å². The van der Waals surface area contributed by atoms with Gasteiger partial charge in [-0.15, -0.1) is 0 Å². The lowest BCUT2D eigenvalue weighted by molar-refractivity contribution is -0.147. The minimum absolute atomic E-state index is 0.254. The second-order valence-corrected chi connectivity index (χ2v) is 4.13. The third-order valence-corrected chi connectivity index (χ3v) is 2.74. The summed E-state index contributed by atoms with van der Waals surface area (Å²) in [5.74, 6) is -0.0341. The van der Waals surface area contributed by atoms with E-state index in [0.29, 0.717) is 24.7 Å². The molecule has 1 heterocycles. The molecule has 1 aliphatic heterocycles. The fourth-order valence-electron chi connectivity index (χ4n) is 1.78. The molecule has 18 heavy (non-hydrogen) atoms. The van der Waals surface area contributed by atoms with Crippen LogP contribution in [0.2, 0.25) is 0 Å². The molecule has 2 unspecified atom stereocenters. The molecule has 0 bridgehead atoms. The zero-order chi connectivity index (χ0) is 13.1. The number of aliphatic hydroxyl groups is 1. The van der Waals surface area contributed by atoms with Gasteiger partial charge in [-0.2, -0.15) is 0 Å². The van der Waals surface area contributed by atoms with E-state index in [2.05, 4.69) is 0 Å². The summed E-state index contributed by atoms with van der Waals surface area (Å²) in [6, 6.07) is 4.43. The molecular weight excluding hydrogens is 238 g/mol. The summed E-state index contributed by atoms with van der Waals surface area (Å²) < 4.78 is 10.8. The van der Waals surface area contributed by atoms with Gasteiger partial charge in [-0.05, 0) is 24.1 Å². The lowest BCUT2D eigenvalue weighted by Crippen LogP contribution is -2.41. The van der Waals surface area contributed by atoms with Crippen molar-refractivity contribution in [3.05, 3.63) is 23.8 Å². The van der Waals surface area contributed by atoms with Crippen molar-refractivity contribution >= 4 is 5.97 Å². The maximum absolute atomic E-state index is 10.6. The van der Waals surface area contributed by atoms with E-state index in [0.717, 1.165) is 5.56 Å². The Morgan fingerprint density at radius 1 is 1.33 bits per heavy atom. The summed E-state index contributed by atoms with van der Waals surface area (Å²) in [5.41, 5.74) is 6.42. The highest BCUT2D eigenvalue weighted by molar-refractivity contribution is 5.72. The van der Waals surface area contributed by atoms with Gasteiger partial charge in [-0.1, -0.05) is 6.07 Å². The van der Waals surface area contributed by atoms with Gasteiger partial charge in [0.25, 0.3) is 0 Å². The predicted octanol–water partition coefficient (Wildman–Crippen LogP) is -0.227. The molecule has 98 valence electrons. The standard InChI is InChI=1S/C12H15NO5/c13-8(11(14)12(15)16)5-7-1-2-9-10(6-7)18-4-3-17-9/h1-2,6,8,11,14H,3-5,13H2,(H,15,16). The number of ether oxygens (including phenoxy) is 2. The van der Waals surface area contributed by atoms with Gasteiger partial charge in [-0.3, -0.25) is 0 Å². The van der Waals surface area contributed by atoms with Crippen molar-refractivity contribution in [1.82, 2.24) is 0 Å². The number of carboxylic acids is 1. The zero-order valence-electron chi connectivity index (χ0n) is 9.70. The van der Waals surface area contributed by atoms with Crippen LogP contribution in [0.25, 0.3) is 0 Å². The number of aliphatic carboxylic acids is 1. The van der Waals surface area contributed by atoms with Crippen LogP contribution in [0.15, 0.2) is 18.2 Å². The summed E-state index contributed by atoms with van der Waals surface area (Å²) in [4.78, 5) is 10.6. The number of rotatable bonds is 4. The van der Waals surface area contributed by atoms with Crippen molar-refractivity contribution in [2.24, 2.45) is 5.73 Å². The zero-order valence-corrected chi connectivity index (χ0v) is 9.70. The predicted molar refractivity (Wildman–Crippen MR) is 62.8 cm³/mol. The molecule has 0 radical (unpaired) electrons. The highest BCUT2D eigenvalue weighted by Crippen LogP contribution is 2.31. The molecule has 1 aliphatic rings. The molecule has 0 spiro atoms. The molecule has 0 saturated heterocycles. The Morgan fingerprint density at radius 3 is 2.67 bits per heavy atom. The van der Waals surface area contributed by atoms with E-state index in [-0.39, 0.29) is 6.42 Å². The average Bonchev–Trinajstić information content (AvgIpc) is 2.37. The van der Waals surface area contributed by atoms with Crippen LogP contribution in [0.1, 0.15) is 5.56 Å². The molecule has 1 aromatic rings. The van der Waals surface area contributed by atoms with Crippen LogP contribution in [0.5, 0.6) is 11.5 Å². The number of hydrogen-bond acceptors (Lipinski definition) is 5. The second kappa shape index (κ2) is 5.24. The molecule has 0 amide bonds. The Morgan fingerprint density at radius 2 is 2.00 bits per heavy atom. The van der Waals surface area contributed by atoms with Gasteiger partial charge in [0.15, 0.2) is 17.6 Å². The third-order valence-electron chi connectivity index (χ3n) is 2.74. The number of nitrogens with two attached hydrogens (primary N) is 1. The molecule has 0 fully saturated rings. The number of carboxylic acid groups (broad SMARTS) is 1. The summed E-state index contributed by atoms with van der Waals surface area (Å²) >= 11 is 0. The second-order valence-electron chi connectivity index (χ2n) is 4.13. The first-order valence-electron chi connectivity index (χ1n) is 5.63. The number of fused-ring (bicyclic) bond motifs is 1. The lowest BCUT2D eigenvalue weighted by atomic mass is 10.0. The van der Waals surface area contributed by atoms with Gasteiger partial charge >= 0.3 is 5.97 Å². The number of benzene rings is 1. The summed E-state index contributed by atoms with van der Waals surface area (Å²) in [7, 11) is 0. The summed E-state index contributed by atoms with van der Waals surface area (Å²) in [6.07, 6.45) is -1.32. The molecule has 4 N–H and O–H groups in total. The van der Waals surface area contributed by atoms with Gasteiger partial charge in [0.1, 0.15) is 13.2 Å². The van der Waals surface area contributed by atoms with Crippen molar-refractivity contribution in [3.63, 3.8) is 0 Å². The Bertz CT molecular complexity index is 448. The molecule has 0 saturated carbocycles. The van der Waals surface area contributed by atoms with Crippen LogP contribution in [-0.4, -0.2) is 41.5 Å². The van der Waals surface area contributed by atoms with Crippen LogP contribution < -0.4 is 15.2 Å². The normalized spacial score (nSPS) is 17.0. The van der Waals surface area contributed by atoms with Crippen LogP contribution >= 0.6 is 0 Å². The van der Waals surface area contributed by atoms with Crippen LogP contribution in [-0.2, 0) is 11.2 Å². The fourth-order valence-corrected chi connectivity index (χ4v) is 1.78. The average molecular weight is 253 g/mol. The summed E-state index contributed by atoms with van der Waals surface area (Å²) in [5, 5.41) is 18.0. The van der Waals surface area contributed by atoms with Crippen molar-refractivity contribution in [3.8, 4) is 11.5 Å². The van der Waals surface area contributed by atoms with E-state index in [9.17, 15) is 9.90 Å². The molecule has 0 aromatic heterocycles. The van der Waals surface area contributed by atoms with Crippen LogP contribution in [0.4, 0.5) is 0 Å². The van der Waals surface area contributed by atoms with E-state index in [4.69, 9.17) is 20.3 Å². The van der Waals surface area contributed by atoms with Gasteiger partial charge in [0.2, 0.25) is 0 Å². The van der Waals surface area contributed by atoms with Gasteiger partial charge in [0.05, 0.1) is 0 Å². The fraction of sp³-hybridized carbons (Fsp3) is 0.417. The van der Waals surface area contributed by atoms with E-state index in [1.807, 2.05) is 0 Å². The molecule has 6 heteroatoms. The van der Waals surface area contributed by atoms with E-state index in [1.54, 1.807) is 18.2 Å². The Kier molecular flexibility index (Phi) is 3.69. The van der Waals surface area contributed by atoms with Gasteiger partial charge < -0.3 is 25.4 Å². The van der Waals surface area contributed by atoms with E-state index < -0.39 is 18.1 Å². The van der Waals surface area contributed by atoms with Gasteiger partial charge in [-0.25, -0.2) is 4.79 Å². The van der Waals surface area contributed by atoms with Crippen molar-refractivity contribution in [2.75, 3.05) is 13.2 Å². The first-order valence-corrected chi connectivity index (χ1v) is 5.63. The van der Waals surface area contributed by atoms with E-state index in [1.165, 1.54) is 0 Å². The number of hydrogen-bond donors (Lipinski definition) is 3. The monoisotopic (exact) mass is 253 g/mol. The van der Waals surface area contributed by atoms with Crippen molar-refractivity contribution in [1.29, 1.82) is 0 Å². The van der Waals surface area contributed by atoms with Crippen LogP contribution in [0, 0.1) is 0 Å². The minimum atomic E-state index is -1.57. The van der Waals surface area contributed by atoms with Gasteiger partial charge in [0, 0.05) is 6.04 Å². The Hall–Kier alpha value is -1.79. The van der Waals surface area contributed by atoms with E-state index >= 15 is 0 Å². The quantitative estimate of drug-likeness (QED) is 0.685. The van der Waals surface area contributed by atoms with Crippen molar-refractivity contribution in [2.45, 2.75) is 18.6 Å². The van der Waals surface area contributed by atoms with Crippen molar-refractivity contribution < 1.29 is 24.5 Å². The third kappa shape index (κ3) is 2.72. The van der Waals surface area contributed by atoms with Crippen LogP contribution in [0.3, 0.4) is 0 Å². The minimum Gasteiger partial charge on any atom is -0.486 e. The first-order chi connectivity index (χ1) is 8.58. The summed E-state index contributed by atoms with van der Waals surface area (Å²) in [6.45, 7) is 1.00. The highest BCUT2D eigenvalue weighted by Gasteiger charge is 2.23. The molecule has 2 rings (SSSR count). The molecule has 0 aliphatic carbocycles. The lowest BCUT2D eigenvalue weighted by Gasteiger charge is -2.20. The molecular formula is C12H15NO5. The Labute approximate surface area is 104 Å².